The zero-order valence-corrected chi connectivity index (χ0v) is 27.5. The van der Waals surface area contributed by atoms with Crippen LogP contribution >= 0.6 is 11.3 Å². The predicted octanol–water partition coefficient (Wildman–Crippen LogP) is 12.1. The summed E-state index contributed by atoms with van der Waals surface area (Å²) in [4.78, 5) is 15.4. The van der Waals surface area contributed by atoms with Gasteiger partial charge in [-0.25, -0.2) is 15.0 Å². The van der Waals surface area contributed by atoms with E-state index in [1.54, 1.807) is 11.3 Å². The molecule has 50 heavy (non-hydrogen) atoms. The summed E-state index contributed by atoms with van der Waals surface area (Å²) in [7, 11) is 0. The minimum atomic E-state index is 0.720. The number of thiazole rings is 1. The minimum Gasteiger partial charge on any atom is -0.308 e. The summed E-state index contributed by atoms with van der Waals surface area (Å²) in [5, 5.41) is 7.11. The molecule has 0 spiro atoms. The molecule has 0 fully saturated rings. The lowest BCUT2D eigenvalue weighted by molar-refractivity contribution is 1.23. The molecule has 0 atom stereocenters. The van der Waals surface area contributed by atoms with Gasteiger partial charge in [0.25, 0.3) is 0 Å². The zero-order valence-electron chi connectivity index (χ0n) is 26.7. The molecule has 4 nitrogen and oxygen atoms in total. The van der Waals surface area contributed by atoms with Gasteiger partial charge in [-0.15, -0.1) is 11.3 Å². The molecule has 0 N–H and O–H groups in total. The van der Waals surface area contributed by atoms with Crippen LogP contribution < -0.4 is 0 Å². The van der Waals surface area contributed by atoms with E-state index in [1.165, 1.54) is 42.8 Å². The first-order valence-corrected chi connectivity index (χ1v) is 17.6. The van der Waals surface area contributed by atoms with E-state index in [0.717, 1.165) is 60.8 Å². The maximum absolute atomic E-state index is 5.20. The molecule has 0 bridgehead atoms. The quantitative estimate of drug-likeness (QED) is 0.190. The van der Waals surface area contributed by atoms with E-state index in [0.29, 0.717) is 0 Å². The van der Waals surface area contributed by atoms with Crippen molar-refractivity contribution in [2.45, 2.75) is 0 Å². The smallest absolute Gasteiger partial charge is 0.160 e. The summed E-state index contributed by atoms with van der Waals surface area (Å²) in [5.74, 6) is 0.720. The Morgan fingerprint density at radius 2 is 1.10 bits per heavy atom. The molecule has 5 heteroatoms. The van der Waals surface area contributed by atoms with Gasteiger partial charge in [0.15, 0.2) is 5.82 Å². The highest BCUT2D eigenvalue weighted by atomic mass is 32.1. The van der Waals surface area contributed by atoms with Crippen molar-refractivity contribution in [3.63, 3.8) is 0 Å². The average molecular weight is 655 g/mol. The summed E-state index contributed by atoms with van der Waals surface area (Å²) in [6.07, 6.45) is 0. The highest BCUT2D eigenvalue weighted by molar-refractivity contribution is 7.22. The molecule has 0 aliphatic carbocycles. The van der Waals surface area contributed by atoms with Gasteiger partial charge in [0.05, 0.1) is 38.0 Å². The Bertz CT molecular complexity index is 3090. The maximum Gasteiger partial charge on any atom is 0.160 e. The summed E-state index contributed by atoms with van der Waals surface area (Å²) < 4.78 is 3.69. The molecular weight excluding hydrogens is 629 g/mol. The number of nitrogens with zero attached hydrogens (tertiary/aromatic N) is 4. The van der Waals surface area contributed by atoms with Gasteiger partial charge in [0, 0.05) is 43.6 Å². The number of hydrogen-bond donors (Lipinski definition) is 0. The van der Waals surface area contributed by atoms with Crippen molar-refractivity contribution in [2.75, 3.05) is 0 Å². The Kier molecular flexibility index (Phi) is 5.80. The fourth-order valence-corrected chi connectivity index (χ4v) is 8.79. The second kappa shape index (κ2) is 10.5. The third-order valence-electron chi connectivity index (χ3n) is 9.94. The predicted molar refractivity (Wildman–Crippen MR) is 209 cm³/mol. The molecule has 0 saturated heterocycles. The molecule has 11 rings (SSSR count). The highest BCUT2D eigenvalue weighted by Gasteiger charge is 2.22. The van der Waals surface area contributed by atoms with Gasteiger partial charge >= 0.3 is 0 Å². The average Bonchev–Trinajstić information content (AvgIpc) is 3.87. The first kappa shape index (κ1) is 27.5. The van der Waals surface area contributed by atoms with Crippen molar-refractivity contribution >= 4 is 70.6 Å². The van der Waals surface area contributed by atoms with Crippen molar-refractivity contribution in [1.29, 1.82) is 0 Å². The molecule has 0 saturated carbocycles. The van der Waals surface area contributed by atoms with Crippen LogP contribution in [-0.2, 0) is 0 Å². The van der Waals surface area contributed by atoms with Crippen LogP contribution in [0.15, 0.2) is 158 Å². The van der Waals surface area contributed by atoms with Crippen LogP contribution in [0.2, 0.25) is 0 Å². The Morgan fingerprint density at radius 3 is 1.96 bits per heavy atom. The number of benzene rings is 7. The van der Waals surface area contributed by atoms with E-state index in [1.807, 2.05) is 18.2 Å². The fourth-order valence-electron chi connectivity index (χ4n) is 7.68. The second-order valence-electron chi connectivity index (χ2n) is 12.8. The molecule has 0 aliphatic rings. The van der Waals surface area contributed by atoms with Crippen molar-refractivity contribution in [2.24, 2.45) is 0 Å². The fraction of sp³-hybridized carbons (Fsp3) is 0. The van der Waals surface area contributed by atoms with E-state index in [2.05, 4.69) is 144 Å². The summed E-state index contributed by atoms with van der Waals surface area (Å²) in [5.41, 5.74) is 12.1. The largest absolute Gasteiger partial charge is 0.308 e. The Hall–Kier alpha value is -6.43. The van der Waals surface area contributed by atoms with Crippen LogP contribution in [0.4, 0.5) is 0 Å². The van der Waals surface area contributed by atoms with E-state index in [9.17, 15) is 0 Å². The SMILES string of the molecule is c1ccc(-c2nc3cc4c5cc(-c6cccc(-c7nc(-c8ccccc8)c8ccccc8n7)c6)ccc5n5c6ccccc6c(c3s2)c45)cc1. The molecular formula is C45H26N4S. The number of aromatic nitrogens is 4. The van der Waals surface area contributed by atoms with Gasteiger partial charge in [0.1, 0.15) is 5.01 Å². The topological polar surface area (TPSA) is 43.1 Å². The molecule has 11 aromatic rings. The summed E-state index contributed by atoms with van der Waals surface area (Å²) in [6, 6.07) is 55.7. The lowest BCUT2D eigenvalue weighted by Gasteiger charge is -2.10. The van der Waals surface area contributed by atoms with Crippen LogP contribution in [0.25, 0.3) is 104 Å². The maximum atomic E-state index is 5.20. The third kappa shape index (κ3) is 4.01. The lowest BCUT2D eigenvalue weighted by Crippen LogP contribution is -1.95. The third-order valence-corrected chi connectivity index (χ3v) is 11.1. The van der Waals surface area contributed by atoms with Gasteiger partial charge in [-0.1, -0.05) is 121 Å². The first-order valence-electron chi connectivity index (χ1n) is 16.8. The van der Waals surface area contributed by atoms with Crippen LogP contribution in [0.1, 0.15) is 0 Å². The molecule has 0 radical (unpaired) electrons. The van der Waals surface area contributed by atoms with Gasteiger partial charge in [-0.05, 0) is 47.5 Å². The van der Waals surface area contributed by atoms with Gasteiger partial charge in [0.2, 0.25) is 0 Å². The molecule has 0 aliphatic heterocycles. The molecule has 7 aromatic carbocycles. The molecule has 0 unspecified atom stereocenters. The lowest BCUT2D eigenvalue weighted by atomic mass is 9.99. The molecule has 4 heterocycles. The summed E-state index contributed by atoms with van der Waals surface area (Å²) >= 11 is 1.79. The van der Waals surface area contributed by atoms with Crippen LogP contribution in [-0.4, -0.2) is 19.4 Å². The number of para-hydroxylation sites is 2. The van der Waals surface area contributed by atoms with Crippen LogP contribution in [0.3, 0.4) is 0 Å². The van der Waals surface area contributed by atoms with E-state index in [-0.39, 0.29) is 0 Å². The monoisotopic (exact) mass is 654 g/mol. The second-order valence-corrected chi connectivity index (χ2v) is 13.8. The number of hydrogen-bond acceptors (Lipinski definition) is 4. The van der Waals surface area contributed by atoms with Crippen LogP contribution in [0, 0.1) is 0 Å². The highest BCUT2D eigenvalue weighted by Crippen LogP contribution is 2.46. The molecule has 0 amide bonds. The summed E-state index contributed by atoms with van der Waals surface area (Å²) in [6.45, 7) is 0. The standard InChI is InChI=1S/C45H26N4S/c1-3-12-27(13-4-1)41-32-18-7-9-20-36(32)46-44(48-41)31-17-11-16-29(24-31)30-22-23-39-34(25-30)35-26-37-43(50-45(47-37)28-14-5-2-6-15-28)40-33-19-8-10-21-38(33)49(39)42(35)40/h1-26H. The Balaban J connectivity index is 1.11. The van der Waals surface area contributed by atoms with E-state index in [4.69, 9.17) is 15.0 Å². The van der Waals surface area contributed by atoms with E-state index >= 15 is 0 Å². The zero-order chi connectivity index (χ0) is 32.8. The number of rotatable bonds is 4. The number of fused-ring (bicyclic) bond motifs is 9. The Labute approximate surface area is 290 Å². The van der Waals surface area contributed by atoms with Gasteiger partial charge in [-0.3, -0.25) is 0 Å². The van der Waals surface area contributed by atoms with Crippen LogP contribution in [0.5, 0.6) is 0 Å². The minimum absolute atomic E-state index is 0.720. The normalized spacial score (nSPS) is 12.0. The molecule has 232 valence electrons. The van der Waals surface area contributed by atoms with Crippen molar-refractivity contribution in [3.8, 4) is 44.3 Å². The van der Waals surface area contributed by atoms with Crippen molar-refractivity contribution in [1.82, 2.24) is 19.4 Å². The van der Waals surface area contributed by atoms with Crippen molar-refractivity contribution < 1.29 is 0 Å². The van der Waals surface area contributed by atoms with Gasteiger partial charge in [-0.2, -0.15) is 0 Å². The molecule has 4 aromatic heterocycles. The van der Waals surface area contributed by atoms with Crippen molar-refractivity contribution in [3.05, 3.63) is 158 Å². The van der Waals surface area contributed by atoms with E-state index < -0.39 is 0 Å². The Morgan fingerprint density at radius 1 is 0.420 bits per heavy atom. The first-order chi connectivity index (χ1) is 24.8. The van der Waals surface area contributed by atoms with Gasteiger partial charge < -0.3 is 4.40 Å².